The Bertz CT molecular complexity index is 354. The first-order valence-electron chi connectivity index (χ1n) is 5.55. The first kappa shape index (κ1) is 13.7. The van der Waals surface area contributed by atoms with Gasteiger partial charge in [-0.25, -0.2) is 4.39 Å². The van der Waals surface area contributed by atoms with Crippen molar-refractivity contribution in [2.45, 2.75) is 33.1 Å². The fourth-order valence-electron chi connectivity index (χ4n) is 1.97. The van der Waals surface area contributed by atoms with E-state index >= 15 is 0 Å². The molecule has 0 saturated heterocycles. The van der Waals surface area contributed by atoms with Crippen molar-refractivity contribution in [2.75, 3.05) is 6.61 Å². The average Bonchev–Trinajstić information content (AvgIpc) is 2.24. The molecule has 0 saturated carbocycles. The van der Waals surface area contributed by atoms with Crippen molar-refractivity contribution in [3.63, 3.8) is 0 Å². The molecule has 0 radical (unpaired) electrons. The maximum Gasteiger partial charge on any atom is 0.123 e. The second-order valence-electron chi connectivity index (χ2n) is 4.63. The third kappa shape index (κ3) is 3.56. The lowest BCUT2D eigenvalue weighted by molar-refractivity contribution is 0.131. The molecule has 1 unspecified atom stereocenters. The van der Waals surface area contributed by atoms with Crippen LogP contribution in [0.15, 0.2) is 22.7 Å². The van der Waals surface area contributed by atoms with Gasteiger partial charge in [-0.3, -0.25) is 0 Å². The van der Waals surface area contributed by atoms with Gasteiger partial charge in [0.05, 0.1) is 0 Å². The largest absolute Gasteiger partial charge is 0.396 e. The van der Waals surface area contributed by atoms with Crippen molar-refractivity contribution in [3.05, 3.63) is 34.1 Å². The van der Waals surface area contributed by atoms with E-state index in [2.05, 4.69) is 22.9 Å². The van der Waals surface area contributed by atoms with Gasteiger partial charge in [-0.1, -0.05) is 36.2 Å². The van der Waals surface area contributed by atoms with Gasteiger partial charge in [-0.2, -0.15) is 0 Å². The highest BCUT2D eigenvalue weighted by Crippen LogP contribution is 2.31. The Morgan fingerprint density at radius 1 is 1.44 bits per heavy atom. The zero-order valence-corrected chi connectivity index (χ0v) is 11.3. The summed E-state index contributed by atoms with van der Waals surface area (Å²) in [6.07, 6.45) is 2.64. The van der Waals surface area contributed by atoms with Gasteiger partial charge in [0.15, 0.2) is 0 Å². The van der Waals surface area contributed by atoms with Gasteiger partial charge in [0, 0.05) is 11.1 Å². The molecule has 1 aromatic carbocycles. The van der Waals surface area contributed by atoms with Gasteiger partial charge in [0.25, 0.3) is 0 Å². The molecular formula is C13H18BrFO. The molecule has 0 heterocycles. The molecule has 0 bridgehead atoms. The van der Waals surface area contributed by atoms with E-state index in [1.54, 1.807) is 6.07 Å². The summed E-state index contributed by atoms with van der Waals surface area (Å²) >= 11 is 3.42. The zero-order chi connectivity index (χ0) is 12.2. The second-order valence-corrected chi connectivity index (χ2v) is 5.49. The molecule has 0 spiro atoms. The number of hydrogen-bond donors (Lipinski definition) is 1. The molecule has 90 valence electrons. The van der Waals surface area contributed by atoms with Crippen molar-refractivity contribution >= 4 is 15.9 Å². The summed E-state index contributed by atoms with van der Waals surface area (Å²) in [6.45, 7) is 4.26. The van der Waals surface area contributed by atoms with E-state index < -0.39 is 0 Å². The fourth-order valence-corrected chi connectivity index (χ4v) is 2.35. The van der Waals surface area contributed by atoms with E-state index in [1.807, 2.05) is 6.92 Å². The number of aliphatic hydroxyl groups excluding tert-OH is 1. The molecule has 0 fully saturated rings. The number of benzene rings is 1. The van der Waals surface area contributed by atoms with Crippen LogP contribution in [0, 0.1) is 11.2 Å². The van der Waals surface area contributed by atoms with E-state index in [1.165, 1.54) is 12.1 Å². The second kappa shape index (κ2) is 5.78. The SMILES string of the molecule is CCCC(C)(CO)Cc1cc(F)ccc1Br. The number of aliphatic hydroxyl groups is 1. The zero-order valence-electron chi connectivity index (χ0n) is 9.76. The molecule has 16 heavy (non-hydrogen) atoms. The molecular weight excluding hydrogens is 271 g/mol. The first-order valence-corrected chi connectivity index (χ1v) is 6.35. The molecule has 1 aromatic rings. The minimum Gasteiger partial charge on any atom is -0.396 e. The van der Waals surface area contributed by atoms with E-state index in [0.29, 0.717) is 6.42 Å². The summed E-state index contributed by atoms with van der Waals surface area (Å²) in [7, 11) is 0. The molecule has 0 aromatic heterocycles. The Kier molecular flexibility index (Phi) is 4.93. The van der Waals surface area contributed by atoms with E-state index in [4.69, 9.17) is 0 Å². The molecule has 1 nitrogen and oxygen atoms in total. The first-order chi connectivity index (χ1) is 7.50. The Labute approximate surface area is 105 Å². The maximum atomic E-state index is 13.1. The molecule has 1 atom stereocenters. The van der Waals surface area contributed by atoms with Crippen LogP contribution in [0.5, 0.6) is 0 Å². The van der Waals surface area contributed by atoms with Gasteiger partial charge in [0.1, 0.15) is 5.82 Å². The molecule has 1 N–H and O–H groups in total. The minimum absolute atomic E-state index is 0.129. The number of halogens is 2. The summed E-state index contributed by atoms with van der Waals surface area (Å²) < 4.78 is 14.0. The fraction of sp³-hybridized carbons (Fsp3) is 0.538. The summed E-state index contributed by atoms with van der Waals surface area (Å²) in [5.74, 6) is -0.227. The lowest BCUT2D eigenvalue weighted by atomic mass is 9.80. The van der Waals surface area contributed by atoms with Crippen LogP contribution in [0.1, 0.15) is 32.3 Å². The summed E-state index contributed by atoms with van der Waals surface area (Å²) in [4.78, 5) is 0. The van der Waals surface area contributed by atoms with Gasteiger partial charge in [-0.05, 0) is 42.0 Å². The average molecular weight is 289 g/mol. The van der Waals surface area contributed by atoms with E-state index in [9.17, 15) is 9.50 Å². The highest BCUT2D eigenvalue weighted by Gasteiger charge is 2.23. The van der Waals surface area contributed by atoms with Crippen LogP contribution in [0.25, 0.3) is 0 Å². The van der Waals surface area contributed by atoms with Crippen LogP contribution in [-0.4, -0.2) is 11.7 Å². The molecule has 3 heteroatoms. The van der Waals surface area contributed by atoms with Crippen LogP contribution in [0.2, 0.25) is 0 Å². The Hall–Kier alpha value is -0.410. The topological polar surface area (TPSA) is 20.2 Å². The van der Waals surface area contributed by atoms with Crippen molar-refractivity contribution in [1.82, 2.24) is 0 Å². The smallest absolute Gasteiger partial charge is 0.123 e. The Morgan fingerprint density at radius 3 is 2.69 bits per heavy atom. The summed E-state index contributed by atoms with van der Waals surface area (Å²) in [5.41, 5.74) is 0.760. The minimum atomic E-state index is -0.227. The van der Waals surface area contributed by atoms with Crippen LogP contribution in [0.3, 0.4) is 0 Å². The predicted molar refractivity (Wildman–Crippen MR) is 67.9 cm³/mol. The van der Waals surface area contributed by atoms with Gasteiger partial charge in [0.2, 0.25) is 0 Å². The van der Waals surface area contributed by atoms with Crippen molar-refractivity contribution < 1.29 is 9.50 Å². The van der Waals surface area contributed by atoms with E-state index in [-0.39, 0.29) is 17.8 Å². The lowest BCUT2D eigenvalue weighted by Crippen LogP contribution is -2.24. The highest BCUT2D eigenvalue weighted by atomic mass is 79.9. The molecule has 0 aliphatic carbocycles. The van der Waals surface area contributed by atoms with Gasteiger partial charge in [-0.15, -0.1) is 0 Å². The van der Waals surface area contributed by atoms with Crippen molar-refractivity contribution in [2.24, 2.45) is 5.41 Å². The lowest BCUT2D eigenvalue weighted by Gasteiger charge is -2.27. The standard InChI is InChI=1S/C13H18BrFO/c1-3-6-13(2,9-16)8-10-7-11(15)4-5-12(10)14/h4-5,7,16H,3,6,8-9H2,1-2H3. The van der Waals surface area contributed by atoms with Gasteiger partial charge < -0.3 is 5.11 Å². The van der Waals surface area contributed by atoms with Crippen LogP contribution in [0.4, 0.5) is 4.39 Å². The summed E-state index contributed by atoms with van der Waals surface area (Å²) in [6, 6.07) is 4.69. The van der Waals surface area contributed by atoms with Crippen LogP contribution >= 0.6 is 15.9 Å². The normalized spacial score (nSPS) is 14.8. The third-order valence-electron chi connectivity index (χ3n) is 2.86. The maximum absolute atomic E-state index is 13.1. The molecule has 1 rings (SSSR count). The Balaban J connectivity index is 2.89. The monoisotopic (exact) mass is 288 g/mol. The summed E-state index contributed by atoms with van der Waals surface area (Å²) in [5, 5.41) is 9.43. The molecule has 0 amide bonds. The van der Waals surface area contributed by atoms with Gasteiger partial charge >= 0.3 is 0 Å². The molecule has 0 aliphatic rings. The van der Waals surface area contributed by atoms with Crippen molar-refractivity contribution in [1.29, 1.82) is 0 Å². The third-order valence-corrected chi connectivity index (χ3v) is 3.63. The van der Waals surface area contributed by atoms with Crippen molar-refractivity contribution in [3.8, 4) is 0 Å². The van der Waals surface area contributed by atoms with Crippen LogP contribution < -0.4 is 0 Å². The highest BCUT2D eigenvalue weighted by molar-refractivity contribution is 9.10. The Morgan fingerprint density at radius 2 is 2.12 bits per heavy atom. The van der Waals surface area contributed by atoms with E-state index in [0.717, 1.165) is 22.9 Å². The number of rotatable bonds is 5. The molecule has 0 aliphatic heterocycles. The van der Waals surface area contributed by atoms with Crippen LogP contribution in [-0.2, 0) is 6.42 Å². The number of hydrogen-bond acceptors (Lipinski definition) is 1. The predicted octanol–water partition coefficient (Wildman–Crippen LogP) is 3.93. The quantitative estimate of drug-likeness (QED) is 0.870.